The van der Waals surface area contributed by atoms with Crippen LogP contribution in [0.25, 0.3) is 33.6 Å². The number of hydrogen-bond acceptors (Lipinski definition) is 5. The van der Waals surface area contributed by atoms with E-state index in [1.807, 2.05) is 49.7 Å². The molecule has 9 nitrogen and oxygen atoms in total. The number of alkyl halides is 2. The molecule has 1 aliphatic heterocycles. The molecule has 1 aliphatic carbocycles. The molecule has 1 atom stereocenters. The van der Waals surface area contributed by atoms with Crippen LogP contribution >= 0.6 is 0 Å². The van der Waals surface area contributed by atoms with Gasteiger partial charge in [0.2, 0.25) is 6.30 Å². The number of carbonyl (C=O) groups excluding carboxylic acids is 1. The van der Waals surface area contributed by atoms with Crippen molar-refractivity contribution in [2.75, 3.05) is 26.4 Å². The fourth-order valence-electron chi connectivity index (χ4n) is 5.75. The van der Waals surface area contributed by atoms with Crippen molar-refractivity contribution in [1.29, 1.82) is 0 Å². The van der Waals surface area contributed by atoms with E-state index in [4.69, 9.17) is 14.7 Å². The molecule has 4 aromatic heterocycles. The van der Waals surface area contributed by atoms with Crippen molar-refractivity contribution in [2.24, 2.45) is 13.0 Å². The number of pyridine rings is 1. The number of aromatic nitrogens is 6. The molecule has 1 amide bonds. The second-order valence-electron chi connectivity index (χ2n) is 10.9. The van der Waals surface area contributed by atoms with Gasteiger partial charge in [0.1, 0.15) is 17.9 Å². The number of aryl methyl sites for hydroxylation is 1. The lowest BCUT2D eigenvalue weighted by Gasteiger charge is -2.27. The van der Waals surface area contributed by atoms with Gasteiger partial charge >= 0.3 is 0 Å². The van der Waals surface area contributed by atoms with Gasteiger partial charge in [0.25, 0.3) is 5.91 Å². The molecule has 0 bridgehead atoms. The highest BCUT2D eigenvalue weighted by Gasteiger charge is 2.29. The lowest BCUT2D eigenvalue weighted by Crippen LogP contribution is -2.38. The first kappa shape index (κ1) is 28.8. The number of nitrogens with zero attached hydrogens (tertiary/aromatic N) is 7. The minimum Gasteiger partial charge on any atom is -0.486 e. The number of amides is 1. The summed E-state index contributed by atoms with van der Waals surface area (Å²) in [6, 6.07) is 9.74. The summed E-state index contributed by atoms with van der Waals surface area (Å²) in [6.45, 7) is 5.15. The summed E-state index contributed by atoms with van der Waals surface area (Å²) in [7, 11) is 1.94. The molecule has 1 aromatic carbocycles. The standard InChI is InChI=1S/C30H31F2N7O2.C2H6/c1-36-28-23(15-21-22(34-28)8-12-37(30(21)40)11-3-9-31)35-29(36)24-14-20-4-2-5-25(27(20)39(24)16-19-6-7-19)41-17-26(32)38-13-10-33-18-38;1-2/h2,4-5,10,13-15,18-19,26H,3,6-9,11-12,16-17H2,1H3;1-2H3. The predicted molar refractivity (Wildman–Crippen MR) is 162 cm³/mol. The Hall–Kier alpha value is -4.28. The van der Waals surface area contributed by atoms with E-state index in [1.54, 1.807) is 17.3 Å². The first-order valence-electron chi connectivity index (χ1n) is 15.1. The summed E-state index contributed by atoms with van der Waals surface area (Å²) in [5, 5.41) is 0.981. The Kier molecular flexibility index (Phi) is 8.14. The van der Waals surface area contributed by atoms with Gasteiger partial charge in [-0.15, -0.1) is 0 Å². The third-order valence-electron chi connectivity index (χ3n) is 8.10. The topological polar surface area (TPSA) is 83.0 Å². The third kappa shape index (κ3) is 5.48. The Bertz CT molecular complexity index is 1740. The van der Waals surface area contributed by atoms with E-state index in [9.17, 15) is 13.6 Å². The van der Waals surface area contributed by atoms with Crippen LogP contribution in [-0.4, -0.2) is 65.8 Å². The van der Waals surface area contributed by atoms with Gasteiger partial charge in [0, 0.05) is 50.9 Å². The highest BCUT2D eigenvalue weighted by molar-refractivity contribution is 5.99. The molecule has 1 fully saturated rings. The summed E-state index contributed by atoms with van der Waals surface area (Å²) >= 11 is 0. The maximum atomic E-state index is 14.8. The van der Waals surface area contributed by atoms with E-state index in [2.05, 4.69) is 15.6 Å². The SMILES string of the molecule is CC.Cn1c(-c2cc3cccc(OCC(F)n4ccnc4)c3n2CC2CC2)nc2cc3c(nc21)CCN(CCCF)C3=O. The fraction of sp³-hybridized carbons (Fsp3) is 0.438. The minimum atomic E-state index is -1.35. The Morgan fingerprint density at radius 1 is 1.16 bits per heavy atom. The second-order valence-corrected chi connectivity index (χ2v) is 10.9. The summed E-state index contributed by atoms with van der Waals surface area (Å²) < 4.78 is 39.2. The zero-order valence-corrected chi connectivity index (χ0v) is 24.8. The van der Waals surface area contributed by atoms with E-state index in [0.29, 0.717) is 54.3 Å². The van der Waals surface area contributed by atoms with Crippen LogP contribution in [0, 0.1) is 5.92 Å². The van der Waals surface area contributed by atoms with Crippen LogP contribution in [0.4, 0.5) is 8.78 Å². The highest BCUT2D eigenvalue weighted by Crippen LogP contribution is 2.39. The van der Waals surface area contributed by atoms with Gasteiger partial charge in [-0.25, -0.2) is 19.3 Å². The molecular formula is C32H37F2N7O2. The summed E-state index contributed by atoms with van der Waals surface area (Å²) in [6.07, 6.45) is 6.48. The molecule has 0 radical (unpaired) electrons. The number of para-hydroxylation sites is 1. The van der Waals surface area contributed by atoms with E-state index in [0.717, 1.165) is 47.5 Å². The molecule has 0 saturated heterocycles. The van der Waals surface area contributed by atoms with Gasteiger partial charge in [0.05, 0.1) is 35.5 Å². The van der Waals surface area contributed by atoms with E-state index < -0.39 is 13.0 Å². The molecule has 5 aromatic rings. The van der Waals surface area contributed by atoms with Crippen LogP contribution in [0.15, 0.2) is 49.1 Å². The molecule has 2 aliphatic rings. The van der Waals surface area contributed by atoms with Crippen molar-refractivity contribution in [1.82, 2.24) is 33.6 Å². The number of carbonyl (C=O) groups is 1. The first-order valence-corrected chi connectivity index (χ1v) is 15.1. The Morgan fingerprint density at radius 2 is 2.00 bits per heavy atom. The Morgan fingerprint density at radius 3 is 2.74 bits per heavy atom. The number of hydrogen-bond donors (Lipinski definition) is 0. The quantitative estimate of drug-likeness (QED) is 0.196. The third-order valence-corrected chi connectivity index (χ3v) is 8.10. The zero-order chi connectivity index (χ0) is 30.1. The van der Waals surface area contributed by atoms with Gasteiger partial charge in [-0.3, -0.25) is 9.18 Å². The van der Waals surface area contributed by atoms with E-state index >= 15 is 0 Å². The van der Waals surface area contributed by atoms with Gasteiger partial charge in [-0.1, -0.05) is 26.0 Å². The average Bonchev–Trinajstić information content (AvgIpc) is 3.39. The average molecular weight is 590 g/mol. The Labute approximate surface area is 249 Å². The maximum absolute atomic E-state index is 14.8. The van der Waals surface area contributed by atoms with Crippen molar-refractivity contribution in [2.45, 2.75) is 52.4 Å². The van der Waals surface area contributed by atoms with Crippen molar-refractivity contribution in [3.63, 3.8) is 0 Å². The molecule has 1 unspecified atom stereocenters. The highest BCUT2D eigenvalue weighted by atomic mass is 19.1. The lowest BCUT2D eigenvalue weighted by molar-refractivity contribution is 0.0733. The first-order chi connectivity index (χ1) is 21.0. The summed E-state index contributed by atoms with van der Waals surface area (Å²) in [5.41, 5.74) is 4.47. The van der Waals surface area contributed by atoms with Crippen molar-refractivity contribution in [3.8, 4) is 17.3 Å². The van der Waals surface area contributed by atoms with Crippen LogP contribution in [0.5, 0.6) is 5.75 Å². The van der Waals surface area contributed by atoms with Crippen LogP contribution < -0.4 is 4.74 Å². The molecule has 5 heterocycles. The number of halogens is 2. The minimum absolute atomic E-state index is 0.118. The molecule has 1 saturated carbocycles. The summed E-state index contributed by atoms with van der Waals surface area (Å²) in [4.78, 5) is 28.6. The Balaban J connectivity index is 0.00000161. The molecule has 11 heteroatoms. The number of rotatable bonds is 10. The van der Waals surface area contributed by atoms with Crippen LogP contribution in [0.2, 0.25) is 0 Å². The summed E-state index contributed by atoms with van der Waals surface area (Å²) in [5.74, 6) is 1.79. The number of fused-ring (bicyclic) bond motifs is 3. The lowest BCUT2D eigenvalue weighted by atomic mass is 10.0. The van der Waals surface area contributed by atoms with Gasteiger partial charge in [0.15, 0.2) is 11.5 Å². The molecular weight excluding hydrogens is 552 g/mol. The molecule has 0 N–H and O–H groups in total. The number of imidazole rings is 2. The van der Waals surface area contributed by atoms with Gasteiger partial charge < -0.3 is 23.3 Å². The van der Waals surface area contributed by atoms with Crippen molar-refractivity contribution >= 4 is 28.0 Å². The molecule has 0 spiro atoms. The number of benzene rings is 1. The number of ether oxygens (including phenoxy) is 1. The predicted octanol–water partition coefficient (Wildman–Crippen LogP) is 6.13. The van der Waals surface area contributed by atoms with Crippen molar-refractivity contribution < 1.29 is 18.3 Å². The largest absolute Gasteiger partial charge is 0.486 e. The van der Waals surface area contributed by atoms with Crippen molar-refractivity contribution in [3.05, 3.63) is 60.3 Å². The van der Waals surface area contributed by atoms with E-state index in [1.165, 1.54) is 10.9 Å². The monoisotopic (exact) mass is 589 g/mol. The molecule has 226 valence electrons. The normalized spacial score (nSPS) is 15.5. The van der Waals surface area contributed by atoms with Gasteiger partial charge in [-0.05, 0) is 43.4 Å². The maximum Gasteiger partial charge on any atom is 0.255 e. The van der Waals surface area contributed by atoms with E-state index in [-0.39, 0.29) is 12.5 Å². The van der Waals surface area contributed by atoms with Crippen LogP contribution in [-0.2, 0) is 20.0 Å². The molecule has 7 rings (SSSR count). The second kappa shape index (κ2) is 12.1. The molecule has 43 heavy (non-hydrogen) atoms. The van der Waals surface area contributed by atoms with Crippen LogP contribution in [0.3, 0.4) is 0 Å². The zero-order valence-electron chi connectivity index (χ0n) is 24.8. The fourth-order valence-corrected chi connectivity index (χ4v) is 5.75. The van der Waals surface area contributed by atoms with Gasteiger partial charge in [-0.2, -0.15) is 0 Å². The van der Waals surface area contributed by atoms with Crippen LogP contribution in [0.1, 0.15) is 55.5 Å². The smallest absolute Gasteiger partial charge is 0.255 e.